The molecule has 0 radical (unpaired) electrons. The van der Waals surface area contributed by atoms with Crippen molar-refractivity contribution in [2.45, 2.75) is 0 Å². The molecule has 5 aromatic heterocycles. The molecule has 0 spiro atoms. The molecule has 7 aromatic rings. The summed E-state index contributed by atoms with van der Waals surface area (Å²) >= 11 is 0. The van der Waals surface area contributed by atoms with Crippen LogP contribution in [0.3, 0.4) is 0 Å². The lowest BCUT2D eigenvalue weighted by Gasteiger charge is -2.10. The zero-order valence-electron chi connectivity index (χ0n) is 19.1. The first-order valence-electron chi connectivity index (χ1n) is 11.6. The minimum Gasteiger partial charge on any atom is -0.308 e. The molecule has 0 unspecified atom stereocenters. The molecule has 0 bridgehead atoms. The van der Waals surface area contributed by atoms with Crippen molar-refractivity contribution in [1.29, 1.82) is 0 Å². The minimum absolute atomic E-state index is 0.600. The van der Waals surface area contributed by atoms with Gasteiger partial charge in [0.15, 0.2) is 11.6 Å². The molecule has 0 N–H and O–H groups in total. The Morgan fingerprint density at radius 3 is 1.67 bits per heavy atom. The van der Waals surface area contributed by atoms with Gasteiger partial charge in [-0.2, -0.15) is 0 Å². The Balaban J connectivity index is 1.39. The summed E-state index contributed by atoms with van der Waals surface area (Å²) < 4.78 is 4.13. The minimum atomic E-state index is 0.600. The van der Waals surface area contributed by atoms with Gasteiger partial charge in [0.1, 0.15) is 17.2 Å². The summed E-state index contributed by atoms with van der Waals surface area (Å²) in [6, 6.07) is 32.4. The molecule has 0 saturated heterocycles. The number of benzene rings is 2. The van der Waals surface area contributed by atoms with E-state index in [4.69, 9.17) is 4.98 Å². The van der Waals surface area contributed by atoms with Crippen LogP contribution in [-0.4, -0.2) is 34.3 Å². The lowest BCUT2D eigenvalue weighted by Crippen LogP contribution is -2.04. The first kappa shape index (κ1) is 20.2. The van der Waals surface area contributed by atoms with Crippen molar-refractivity contribution >= 4 is 21.8 Å². The molecule has 7 heteroatoms. The Kier molecular flexibility index (Phi) is 4.63. The molecule has 2 aromatic carbocycles. The highest BCUT2D eigenvalue weighted by molar-refractivity contribution is 6.09. The zero-order chi connectivity index (χ0) is 23.9. The highest BCUT2D eigenvalue weighted by Gasteiger charge is 2.20. The highest BCUT2D eigenvalue weighted by Crippen LogP contribution is 2.32. The first-order chi connectivity index (χ1) is 17.9. The van der Waals surface area contributed by atoms with Crippen molar-refractivity contribution in [3.8, 4) is 34.5 Å². The smallest absolute Gasteiger partial charge is 0.188 e. The van der Waals surface area contributed by atoms with Crippen LogP contribution in [0.1, 0.15) is 0 Å². The molecular formula is C29H19N7. The van der Waals surface area contributed by atoms with E-state index >= 15 is 0 Å². The predicted octanol–water partition coefficient (Wildman–Crippen LogP) is 5.88. The molecule has 5 heterocycles. The molecule has 36 heavy (non-hydrogen) atoms. The van der Waals surface area contributed by atoms with Gasteiger partial charge in [-0.1, -0.05) is 48.5 Å². The maximum Gasteiger partial charge on any atom is 0.188 e. The van der Waals surface area contributed by atoms with Gasteiger partial charge in [0.25, 0.3) is 0 Å². The standard InChI is InChI=1S/C29H19N7/c1-3-12-25-21(9-1)22-10-2-4-13-26(22)35(25)20-15-16-24(32-19-20)29-34-33-28(23-11-5-7-17-30-23)36(29)27-14-6-8-18-31-27/h1-19H. The number of hydrogen-bond donors (Lipinski definition) is 0. The van der Waals surface area contributed by atoms with Gasteiger partial charge in [0.05, 0.1) is 22.9 Å². The van der Waals surface area contributed by atoms with Gasteiger partial charge in [0.2, 0.25) is 0 Å². The summed E-state index contributed by atoms with van der Waals surface area (Å²) in [5.41, 5.74) is 4.67. The third-order valence-corrected chi connectivity index (χ3v) is 6.25. The van der Waals surface area contributed by atoms with Gasteiger partial charge >= 0.3 is 0 Å². The van der Waals surface area contributed by atoms with Crippen LogP contribution < -0.4 is 0 Å². The summed E-state index contributed by atoms with van der Waals surface area (Å²) in [5.74, 6) is 1.91. The first-order valence-corrected chi connectivity index (χ1v) is 11.6. The van der Waals surface area contributed by atoms with Crippen LogP contribution in [0.5, 0.6) is 0 Å². The maximum absolute atomic E-state index is 4.82. The normalized spacial score (nSPS) is 11.3. The number of nitrogens with zero attached hydrogens (tertiary/aromatic N) is 7. The summed E-state index contributed by atoms with van der Waals surface area (Å²) in [4.78, 5) is 13.8. The largest absolute Gasteiger partial charge is 0.308 e. The van der Waals surface area contributed by atoms with Crippen LogP contribution in [0.4, 0.5) is 0 Å². The molecule has 7 nitrogen and oxygen atoms in total. The average Bonchev–Trinajstić information content (AvgIpc) is 3.54. The molecule has 0 fully saturated rings. The predicted molar refractivity (Wildman–Crippen MR) is 140 cm³/mol. The fraction of sp³-hybridized carbons (Fsp3) is 0. The molecule has 7 rings (SSSR count). The molecular weight excluding hydrogens is 446 g/mol. The molecule has 0 aliphatic carbocycles. The van der Waals surface area contributed by atoms with E-state index < -0.39 is 0 Å². The Labute approximate surface area is 206 Å². The number of para-hydroxylation sites is 2. The van der Waals surface area contributed by atoms with E-state index in [1.54, 1.807) is 12.4 Å². The molecule has 0 aliphatic heterocycles. The number of rotatable bonds is 4. The Morgan fingerprint density at radius 2 is 1.08 bits per heavy atom. The Bertz CT molecular complexity index is 1770. The Morgan fingerprint density at radius 1 is 0.472 bits per heavy atom. The van der Waals surface area contributed by atoms with Crippen LogP contribution in [-0.2, 0) is 0 Å². The zero-order valence-corrected chi connectivity index (χ0v) is 19.1. The fourth-order valence-corrected chi connectivity index (χ4v) is 4.67. The fourth-order valence-electron chi connectivity index (χ4n) is 4.67. The van der Waals surface area contributed by atoms with Crippen molar-refractivity contribution in [2.24, 2.45) is 0 Å². The van der Waals surface area contributed by atoms with Crippen molar-refractivity contribution in [3.63, 3.8) is 0 Å². The number of pyridine rings is 3. The lowest BCUT2D eigenvalue weighted by molar-refractivity contribution is 0.989. The highest BCUT2D eigenvalue weighted by atomic mass is 15.3. The van der Waals surface area contributed by atoms with Gasteiger partial charge in [-0.25, -0.2) is 4.98 Å². The van der Waals surface area contributed by atoms with Crippen LogP contribution in [0.25, 0.3) is 56.3 Å². The molecule has 0 aliphatic rings. The lowest BCUT2D eigenvalue weighted by atomic mass is 10.2. The summed E-state index contributed by atoms with van der Waals surface area (Å²) in [6.07, 6.45) is 5.37. The third-order valence-electron chi connectivity index (χ3n) is 6.25. The summed E-state index contributed by atoms with van der Waals surface area (Å²) in [7, 11) is 0. The van der Waals surface area contributed by atoms with E-state index in [1.807, 2.05) is 53.2 Å². The van der Waals surface area contributed by atoms with Crippen LogP contribution in [0.2, 0.25) is 0 Å². The van der Waals surface area contributed by atoms with Gasteiger partial charge in [0, 0.05) is 23.2 Å². The van der Waals surface area contributed by atoms with Crippen molar-refractivity contribution in [1.82, 2.24) is 34.3 Å². The SMILES string of the molecule is c1ccc(-c2nnc(-c3ccc(-n4c5ccccc5c5ccccc54)cn3)n2-c2ccccn2)nc1. The molecule has 0 saturated carbocycles. The number of hydrogen-bond acceptors (Lipinski definition) is 5. The summed E-state index contributed by atoms with van der Waals surface area (Å²) in [5, 5.41) is 11.4. The monoisotopic (exact) mass is 465 g/mol. The van der Waals surface area contributed by atoms with E-state index in [2.05, 4.69) is 79.3 Å². The van der Waals surface area contributed by atoms with Crippen LogP contribution in [0, 0.1) is 0 Å². The van der Waals surface area contributed by atoms with Crippen molar-refractivity contribution in [3.05, 3.63) is 116 Å². The quantitative estimate of drug-likeness (QED) is 0.324. The van der Waals surface area contributed by atoms with Gasteiger partial charge in [-0.3, -0.25) is 14.5 Å². The van der Waals surface area contributed by atoms with E-state index in [1.165, 1.54) is 10.8 Å². The third kappa shape index (κ3) is 3.18. The Hall–Kier alpha value is -5.17. The maximum atomic E-state index is 4.82. The second kappa shape index (κ2) is 8.25. The molecule has 0 atom stereocenters. The van der Waals surface area contributed by atoms with Crippen molar-refractivity contribution < 1.29 is 0 Å². The second-order valence-corrected chi connectivity index (χ2v) is 8.36. The van der Waals surface area contributed by atoms with Crippen LogP contribution in [0.15, 0.2) is 116 Å². The van der Waals surface area contributed by atoms with E-state index in [9.17, 15) is 0 Å². The van der Waals surface area contributed by atoms with Crippen LogP contribution >= 0.6 is 0 Å². The number of fused-ring (bicyclic) bond motifs is 3. The topological polar surface area (TPSA) is 74.3 Å². The second-order valence-electron chi connectivity index (χ2n) is 8.36. The van der Waals surface area contributed by atoms with E-state index in [0.717, 1.165) is 16.7 Å². The number of aromatic nitrogens is 7. The van der Waals surface area contributed by atoms with Crippen molar-refractivity contribution in [2.75, 3.05) is 0 Å². The molecule has 0 amide bonds. The molecule has 170 valence electrons. The average molecular weight is 466 g/mol. The van der Waals surface area contributed by atoms with Gasteiger partial charge < -0.3 is 4.57 Å². The van der Waals surface area contributed by atoms with E-state index in [0.29, 0.717) is 28.9 Å². The van der Waals surface area contributed by atoms with Gasteiger partial charge in [-0.15, -0.1) is 10.2 Å². The van der Waals surface area contributed by atoms with E-state index in [-0.39, 0.29) is 0 Å². The van der Waals surface area contributed by atoms with Gasteiger partial charge in [-0.05, 0) is 48.5 Å². The summed E-state index contributed by atoms with van der Waals surface area (Å²) in [6.45, 7) is 0.